The van der Waals surface area contributed by atoms with Crippen LogP contribution in [-0.2, 0) is 19.3 Å². The van der Waals surface area contributed by atoms with E-state index < -0.39 is 0 Å². The Balaban J connectivity index is 2.44. The molecule has 1 heteroatoms. The minimum absolute atomic E-state index is 0.257. The van der Waals surface area contributed by atoms with E-state index in [1.54, 1.807) is 11.1 Å². The molecule has 1 aromatic carbocycles. The molecule has 0 aromatic heterocycles. The van der Waals surface area contributed by atoms with Crippen LogP contribution in [0, 0.1) is 0 Å². The molecule has 0 heterocycles. The summed E-state index contributed by atoms with van der Waals surface area (Å²) < 4.78 is 0. The van der Waals surface area contributed by atoms with E-state index in [4.69, 9.17) is 0 Å². The number of benzene rings is 1. The van der Waals surface area contributed by atoms with Crippen molar-refractivity contribution in [2.45, 2.75) is 110 Å². The van der Waals surface area contributed by atoms with Crippen LogP contribution in [0.1, 0.15) is 108 Å². The molecule has 0 saturated carbocycles. The van der Waals surface area contributed by atoms with Crippen LogP contribution in [0.4, 0.5) is 0 Å². The Morgan fingerprint density at radius 2 is 1.12 bits per heavy atom. The van der Waals surface area contributed by atoms with Crippen molar-refractivity contribution in [3.05, 3.63) is 34.9 Å². The van der Waals surface area contributed by atoms with Crippen molar-refractivity contribution >= 4 is 0 Å². The van der Waals surface area contributed by atoms with Gasteiger partial charge in [-0.25, -0.2) is 0 Å². The summed E-state index contributed by atoms with van der Waals surface area (Å²) in [6.07, 6.45) is 19.6. The van der Waals surface area contributed by atoms with Crippen molar-refractivity contribution < 1.29 is 5.11 Å². The molecular formula is C24H42O. The van der Waals surface area contributed by atoms with Crippen molar-refractivity contribution in [3.8, 4) is 0 Å². The first kappa shape index (κ1) is 22.2. The van der Waals surface area contributed by atoms with Crippen LogP contribution < -0.4 is 0 Å². The normalized spacial score (nSPS) is 11.2. The Morgan fingerprint density at radius 1 is 0.600 bits per heavy atom. The summed E-state index contributed by atoms with van der Waals surface area (Å²) in [5, 5.41) is 9.22. The molecule has 1 aromatic rings. The second kappa shape index (κ2) is 15.4. The van der Waals surface area contributed by atoms with E-state index in [-0.39, 0.29) is 6.61 Å². The Morgan fingerprint density at radius 3 is 1.68 bits per heavy atom. The van der Waals surface area contributed by atoms with E-state index in [9.17, 15) is 5.11 Å². The first-order valence-electron chi connectivity index (χ1n) is 11.0. The molecule has 0 fully saturated rings. The highest BCUT2D eigenvalue weighted by molar-refractivity contribution is 5.32. The summed E-state index contributed by atoms with van der Waals surface area (Å²) in [4.78, 5) is 0. The number of unbranched alkanes of at least 4 members (excludes halogenated alkanes) is 10. The molecule has 0 aliphatic heterocycles. The maximum Gasteiger partial charge on any atom is 0.0471 e. The monoisotopic (exact) mass is 346 g/mol. The standard InChI is InChI=1S/C24H42O/c1-3-5-7-9-11-13-15-23-18-17-22(19-20-25)21-24(23)16-14-12-10-8-6-4-2/h17-18,21,25H,3-16,19-20H2,1-2H3. The summed E-state index contributed by atoms with van der Waals surface area (Å²) in [5.74, 6) is 0. The van der Waals surface area contributed by atoms with E-state index >= 15 is 0 Å². The van der Waals surface area contributed by atoms with Gasteiger partial charge in [-0.2, -0.15) is 0 Å². The van der Waals surface area contributed by atoms with Crippen molar-refractivity contribution in [1.29, 1.82) is 0 Å². The van der Waals surface area contributed by atoms with Crippen LogP contribution in [0.25, 0.3) is 0 Å². The Labute approximate surface area is 157 Å². The van der Waals surface area contributed by atoms with Gasteiger partial charge in [-0.3, -0.25) is 0 Å². The Bertz CT molecular complexity index is 424. The fraction of sp³-hybridized carbons (Fsp3) is 0.750. The lowest BCUT2D eigenvalue weighted by atomic mass is 9.94. The zero-order valence-corrected chi connectivity index (χ0v) is 17.0. The summed E-state index contributed by atoms with van der Waals surface area (Å²) in [6, 6.07) is 6.94. The summed E-state index contributed by atoms with van der Waals surface area (Å²) in [7, 11) is 0. The predicted octanol–water partition coefficient (Wildman–Crippen LogP) is 7.03. The second-order valence-electron chi connectivity index (χ2n) is 7.61. The van der Waals surface area contributed by atoms with E-state index in [2.05, 4.69) is 32.0 Å². The first-order chi connectivity index (χ1) is 12.3. The van der Waals surface area contributed by atoms with Crippen LogP contribution in [0.5, 0.6) is 0 Å². The molecule has 0 aliphatic rings. The average molecular weight is 347 g/mol. The molecule has 1 nitrogen and oxygen atoms in total. The fourth-order valence-corrected chi connectivity index (χ4v) is 3.63. The van der Waals surface area contributed by atoms with Crippen molar-refractivity contribution in [3.63, 3.8) is 0 Å². The maximum absolute atomic E-state index is 9.22. The zero-order chi connectivity index (χ0) is 18.2. The molecule has 0 unspecified atom stereocenters. The summed E-state index contributed by atoms with van der Waals surface area (Å²) >= 11 is 0. The molecule has 0 atom stereocenters. The molecule has 0 spiro atoms. The van der Waals surface area contributed by atoms with Crippen LogP contribution in [-0.4, -0.2) is 11.7 Å². The average Bonchev–Trinajstić information content (AvgIpc) is 2.62. The quantitative estimate of drug-likeness (QED) is 0.319. The number of aliphatic hydroxyl groups is 1. The lowest BCUT2D eigenvalue weighted by Crippen LogP contribution is -1.99. The minimum Gasteiger partial charge on any atom is -0.396 e. The van der Waals surface area contributed by atoms with E-state index in [1.807, 2.05) is 0 Å². The van der Waals surface area contributed by atoms with Crippen molar-refractivity contribution in [1.82, 2.24) is 0 Å². The van der Waals surface area contributed by atoms with Crippen LogP contribution in [0.15, 0.2) is 18.2 Å². The number of hydrogen-bond acceptors (Lipinski definition) is 1. The van der Waals surface area contributed by atoms with Gasteiger partial charge in [0.2, 0.25) is 0 Å². The first-order valence-corrected chi connectivity index (χ1v) is 11.0. The van der Waals surface area contributed by atoms with E-state index in [0.717, 1.165) is 6.42 Å². The predicted molar refractivity (Wildman–Crippen MR) is 111 cm³/mol. The Kier molecular flexibility index (Phi) is 13.7. The zero-order valence-electron chi connectivity index (χ0n) is 17.0. The third-order valence-electron chi connectivity index (χ3n) is 5.27. The Hall–Kier alpha value is -0.820. The number of rotatable bonds is 16. The van der Waals surface area contributed by atoms with Gasteiger partial charge in [-0.1, -0.05) is 96.3 Å². The lowest BCUT2D eigenvalue weighted by Gasteiger charge is -2.12. The van der Waals surface area contributed by atoms with Crippen LogP contribution in [0.3, 0.4) is 0 Å². The molecule has 0 radical (unpaired) electrons. The summed E-state index contributed by atoms with van der Waals surface area (Å²) in [5.41, 5.74) is 4.41. The highest BCUT2D eigenvalue weighted by Crippen LogP contribution is 2.19. The molecule has 25 heavy (non-hydrogen) atoms. The van der Waals surface area contributed by atoms with E-state index in [0.29, 0.717) is 0 Å². The fourth-order valence-electron chi connectivity index (χ4n) is 3.63. The van der Waals surface area contributed by atoms with Crippen molar-refractivity contribution in [2.24, 2.45) is 0 Å². The van der Waals surface area contributed by atoms with Gasteiger partial charge >= 0.3 is 0 Å². The number of aryl methyl sites for hydroxylation is 2. The van der Waals surface area contributed by atoms with Crippen molar-refractivity contribution in [2.75, 3.05) is 6.61 Å². The summed E-state index contributed by atoms with van der Waals surface area (Å²) in [6.45, 7) is 4.82. The molecular weight excluding hydrogens is 304 g/mol. The molecule has 1 rings (SSSR count). The molecule has 0 bridgehead atoms. The topological polar surface area (TPSA) is 20.2 Å². The highest BCUT2D eigenvalue weighted by Gasteiger charge is 2.05. The third kappa shape index (κ3) is 10.7. The molecule has 144 valence electrons. The van der Waals surface area contributed by atoms with E-state index in [1.165, 1.54) is 95.5 Å². The molecule has 0 aliphatic carbocycles. The molecule has 0 amide bonds. The van der Waals surface area contributed by atoms with Gasteiger partial charge in [0.05, 0.1) is 0 Å². The van der Waals surface area contributed by atoms with Gasteiger partial charge in [0.15, 0.2) is 0 Å². The van der Waals surface area contributed by atoms with Gasteiger partial charge < -0.3 is 5.11 Å². The van der Waals surface area contributed by atoms with Gasteiger partial charge in [0, 0.05) is 6.61 Å². The largest absolute Gasteiger partial charge is 0.396 e. The minimum atomic E-state index is 0.257. The maximum atomic E-state index is 9.22. The van der Waals surface area contributed by atoms with Gasteiger partial charge in [0.1, 0.15) is 0 Å². The van der Waals surface area contributed by atoms with Gasteiger partial charge in [0.25, 0.3) is 0 Å². The number of hydrogen-bond donors (Lipinski definition) is 1. The van der Waals surface area contributed by atoms with Gasteiger partial charge in [-0.05, 0) is 48.8 Å². The molecule has 0 saturated heterocycles. The molecule has 1 N–H and O–H groups in total. The third-order valence-corrected chi connectivity index (χ3v) is 5.27. The van der Waals surface area contributed by atoms with Crippen LogP contribution >= 0.6 is 0 Å². The van der Waals surface area contributed by atoms with Gasteiger partial charge in [-0.15, -0.1) is 0 Å². The SMILES string of the molecule is CCCCCCCCc1ccc(CCO)cc1CCCCCCCC. The number of aliphatic hydroxyl groups excluding tert-OH is 1. The van der Waals surface area contributed by atoms with Crippen LogP contribution in [0.2, 0.25) is 0 Å². The lowest BCUT2D eigenvalue weighted by molar-refractivity contribution is 0.299. The highest BCUT2D eigenvalue weighted by atomic mass is 16.2. The smallest absolute Gasteiger partial charge is 0.0471 e. The second-order valence-corrected chi connectivity index (χ2v) is 7.61.